The Labute approximate surface area is 122 Å². The Balaban J connectivity index is 2.33. The first-order valence-electron chi connectivity index (χ1n) is 6.10. The molecule has 6 heteroatoms. The molecule has 0 aliphatic carbocycles. The van der Waals surface area contributed by atoms with E-state index >= 15 is 0 Å². The highest BCUT2D eigenvalue weighted by molar-refractivity contribution is 7.60. The molecule has 2 aromatic carbocycles. The third-order valence-corrected chi connectivity index (χ3v) is 4.34. The smallest absolute Gasteiger partial charge is 0.413 e. The minimum absolute atomic E-state index is 0.291. The second kappa shape index (κ2) is 6.29. The number of benzene rings is 2. The quantitative estimate of drug-likeness (QED) is 0.655. The van der Waals surface area contributed by atoms with Gasteiger partial charge in [0.05, 0.1) is 0 Å². The fourth-order valence-electron chi connectivity index (χ4n) is 1.50. The van der Waals surface area contributed by atoms with E-state index in [9.17, 15) is 9.36 Å². The molecule has 0 heterocycles. The number of rotatable bonds is 6. The molecular weight excluding hydrogens is 289 g/mol. The first kappa shape index (κ1) is 14.9. The fourth-order valence-corrected chi connectivity index (χ4v) is 2.83. The summed E-state index contributed by atoms with van der Waals surface area (Å²) in [5, 5.41) is -0.407. The maximum Gasteiger partial charge on any atom is 0.467 e. The van der Waals surface area contributed by atoms with Gasteiger partial charge in [0.1, 0.15) is 16.8 Å². The van der Waals surface area contributed by atoms with E-state index in [0.29, 0.717) is 11.5 Å². The van der Waals surface area contributed by atoms with Gasteiger partial charge in [-0.2, -0.15) is 0 Å². The van der Waals surface area contributed by atoms with Crippen LogP contribution in [0.2, 0.25) is 0 Å². The number of carbonyl (C=O) groups excluding carboxylic acids is 1. The van der Waals surface area contributed by atoms with E-state index in [1.165, 1.54) is 0 Å². The standard InChI is InChI=1S/C15H14NO4P/c1-12(15(16)17)21(18,19-13-8-4-2-5-9-13)20-14-10-6-3-7-11-14/h2-11H,1H2,(H2,16,17). The van der Waals surface area contributed by atoms with Crippen LogP contribution in [-0.4, -0.2) is 5.91 Å². The van der Waals surface area contributed by atoms with Crippen LogP contribution < -0.4 is 14.8 Å². The SMILES string of the molecule is C=C(C(N)=O)P(=O)(Oc1ccccc1)Oc1ccccc1. The average molecular weight is 303 g/mol. The van der Waals surface area contributed by atoms with Gasteiger partial charge in [-0.15, -0.1) is 0 Å². The third-order valence-electron chi connectivity index (χ3n) is 2.55. The van der Waals surface area contributed by atoms with Gasteiger partial charge in [0.25, 0.3) is 5.91 Å². The lowest BCUT2D eigenvalue weighted by Crippen LogP contribution is -2.17. The summed E-state index contributed by atoms with van der Waals surface area (Å²) in [7, 11) is -3.98. The van der Waals surface area contributed by atoms with E-state index in [-0.39, 0.29) is 0 Å². The van der Waals surface area contributed by atoms with Gasteiger partial charge in [-0.25, -0.2) is 4.57 Å². The zero-order valence-corrected chi connectivity index (χ0v) is 12.0. The molecule has 108 valence electrons. The molecule has 0 bridgehead atoms. The molecule has 0 saturated carbocycles. The number of primary amides is 1. The number of amides is 1. The summed E-state index contributed by atoms with van der Waals surface area (Å²) in [4.78, 5) is 11.3. The lowest BCUT2D eigenvalue weighted by molar-refractivity contribution is -0.114. The second-order valence-corrected chi connectivity index (χ2v) is 6.02. The normalized spacial score (nSPS) is 10.7. The summed E-state index contributed by atoms with van der Waals surface area (Å²) < 4.78 is 23.6. The predicted octanol–water partition coefficient (Wildman–Crippen LogP) is 3.34. The van der Waals surface area contributed by atoms with Gasteiger partial charge in [0, 0.05) is 0 Å². The molecular formula is C15H14NO4P. The van der Waals surface area contributed by atoms with Crippen molar-refractivity contribution in [3.8, 4) is 11.5 Å². The van der Waals surface area contributed by atoms with E-state index in [1.54, 1.807) is 60.7 Å². The summed E-state index contributed by atoms with van der Waals surface area (Å²) >= 11 is 0. The van der Waals surface area contributed by atoms with Crippen molar-refractivity contribution < 1.29 is 18.4 Å². The molecule has 2 rings (SSSR count). The zero-order chi connectivity index (χ0) is 15.3. The molecule has 0 aromatic heterocycles. The van der Waals surface area contributed by atoms with Gasteiger partial charge in [0.15, 0.2) is 0 Å². The van der Waals surface area contributed by atoms with Crippen LogP contribution >= 0.6 is 7.60 Å². The first-order valence-corrected chi connectivity index (χ1v) is 7.64. The Kier molecular flexibility index (Phi) is 4.45. The van der Waals surface area contributed by atoms with E-state index in [0.717, 1.165) is 0 Å². The Hall–Kier alpha value is -2.52. The van der Waals surface area contributed by atoms with Crippen LogP contribution in [0.3, 0.4) is 0 Å². The van der Waals surface area contributed by atoms with Crippen molar-refractivity contribution in [3.05, 3.63) is 72.6 Å². The average Bonchev–Trinajstić information content (AvgIpc) is 2.48. The molecule has 0 radical (unpaired) electrons. The summed E-state index contributed by atoms with van der Waals surface area (Å²) in [5.74, 6) is -0.358. The van der Waals surface area contributed by atoms with Crippen LogP contribution in [0.5, 0.6) is 11.5 Å². The fraction of sp³-hybridized carbons (Fsp3) is 0. The lowest BCUT2D eigenvalue weighted by atomic mass is 10.3. The monoisotopic (exact) mass is 303 g/mol. The maximum absolute atomic E-state index is 12.8. The number of nitrogens with two attached hydrogens (primary N) is 1. The molecule has 2 N–H and O–H groups in total. The molecule has 21 heavy (non-hydrogen) atoms. The summed E-state index contributed by atoms with van der Waals surface area (Å²) in [5.41, 5.74) is 5.16. The molecule has 0 aliphatic heterocycles. The highest BCUT2D eigenvalue weighted by Crippen LogP contribution is 2.54. The van der Waals surface area contributed by atoms with Crippen LogP contribution in [0.15, 0.2) is 72.6 Å². The second-order valence-electron chi connectivity index (χ2n) is 4.12. The topological polar surface area (TPSA) is 78.6 Å². The van der Waals surface area contributed by atoms with Gasteiger partial charge in [-0.1, -0.05) is 43.0 Å². The van der Waals surface area contributed by atoms with Crippen LogP contribution in [0.25, 0.3) is 0 Å². The minimum atomic E-state index is -3.98. The summed E-state index contributed by atoms with van der Waals surface area (Å²) in [6, 6.07) is 16.7. The van der Waals surface area contributed by atoms with Crippen LogP contribution in [-0.2, 0) is 9.36 Å². The zero-order valence-electron chi connectivity index (χ0n) is 11.1. The van der Waals surface area contributed by atoms with Crippen molar-refractivity contribution >= 4 is 13.5 Å². The number of hydrogen-bond acceptors (Lipinski definition) is 4. The summed E-state index contributed by atoms with van der Waals surface area (Å²) in [6.07, 6.45) is 0. The molecule has 0 aliphatic rings. The van der Waals surface area contributed by atoms with E-state index < -0.39 is 18.8 Å². The van der Waals surface area contributed by atoms with Crippen LogP contribution in [0.4, 0.5) is 0 Å². The van der Waals surface area contributed by atoms with Gasteiger partial charge in [0.2, 0.25) is 0 Å². The van der Waals surface area contributed by atoms with Crippen molar-refractivity contribution in [2.75, 3.05) is 0 Å². The molecule has 0 unspecified atom stereocenters. The molecule has 2 aromatic rings. The van der Waals surface area contributed by atoms with Gasteiger partial charge < -0.3 is 14.8 Å². The molecule has 0 saturated heterocycles. The van der Waals surface area contributed by atoms with Crippen molar-refractivity contribution in [1.29, 1.82) is 0 Å². The first-order chi connectivity index (χ1) is 10.0. The van der Waals surface area contributed by atoms with E-state index in [4.69, 9.17) is 14.8 Å². The lowest BCUT2D eigenvalue weighted by Gasteiger charge is -2.20. The Morgan fingerprint density at radius 3 is 1.62 bits per heavy atom. The van der Waals surface area contributed by atoms with Crippen molar-refractivity contribution in [2.24, 2.45) is 5.73 Å². The summed E-state index contributed by atoms with van der Waals surface area (Å²) in [6.45, 7) is 3.43. The largest absolute Gasteiger partial charge is 0.467 e. The number of hydrogen-bond donors (Lipinski definition) is 1. The Morgan fingerprint density at radius 2 is 1.29 bits per heavy atom. The van der Waals surface area contributed by atoms with Gasteiger partial charge in [-0.05, 0) is 24.3 Å². The Bertz CT molecular complexity index is 640. The molecule has 0 fully saturated rings. The molecule has 1 amide bonds. The predicted molar refractivity (Wildman–Crippen MR) is 80.1 cm³/mol. The van der Waals surface area contributed by atoms with Crippen molar-refractivity contribution in [2.45, 2.75) is 0 Å². The van der Waals surface area contributed by atoms with E-state index in [2.05, 4.69) is 6.58 Å². The van der Waals surface area contributed by atoms with Crippen molar-refractivity contribution in [3.63, 3.8) is 0 Å². The molecule has 0 atom stereocenters. The molecule has 0 spiro atoms. The van der Waals surface area contributed by atoms with E-state index in [1.807, 2.05) is 0 Å². The minimum Gasteiger partial charge on any atom is -0.413 e. The van der Waals surface area contributed by atoms with Gasteiger partial charge in [-0.3, -0.25) is 4.79 Å². The number of carbonyl (C=O) groups is 1. The van der Waals surface area contributed by atoms with Crippen LogP contribution in [0, 0.1) is 0 Å². The third kappa shape index (κ3) is 3.74. The highest BCUT2D eigenvalue weighted by Gasteiger charge is 2.36. The maximum atomic E-state index is 12.8. The van der Waals surface area contributed by atoms with Crippen molar-refractivity contribution in [1.82, 2.24) is 0 Å². The van der Waals surface area contributed by atoms with Gasteiger partial charge >= 0.3 is 7.60 Å². The number of para-hydroxylation sites is 2. The Morgan fingerprint density at radius 1 is 0.905 bits per heavy atom. The molecule has 5 nitrogen and oxygen atoms in total. The highest BCUT2D eigenvalue weighted by atomic mass is 31.2. The van der Waals surface area contributed by atoms with Crippen LogP contribution in [0.1, 0.15) is 0 Å².